The number of carbonyl (C=O) groups excluding carboxylic acids is 2. The Morgan fingerprint density at radius 3 is 2.03 bits per heavy atom. The van der Waals surface area contributed by atoms with Crippen molar-refractivity contribution in [3.8, 4) is 17.2 Å². The minimum Gasteiger partial charge on any atom is -0.493 e. The van der Waals surface area contributed by atoms with E-state index in [1.807, 2.05) is 24.3 Å². The lowest BCUT2D eigenvalue weighted by molar-refractivity contribution is -0.137. The van der Waals surface area contributed by atoms with E-state index in [1.165, 1.54) is 27.2 Å². The van der Waals surface area contributed by atoms with Crippen molar-refractivity contribution in [2.45, 2.75) is 19.8 Å². The first-order valence-corrected chi connectivity index (χ1v) is 9.44. The van der Waals surface area contributed by atoms with Gasteiger partial charge in [-0.3, -0.25) is 4.79 Å². The summed E-state index contributed by atoms with van der Waals surface area (Å²) in [6, 6.07) is 11.1. The lowest BCUT2D eigenvalue weighted by atomic mass is 10.1. The van der Waals surface area contributed by atoms with Crippen LogP contribution < -0.4 is 14.2 Å². The summed E-state index contributed by atoms with van der Waals surface area (Å²) in [5.74, 6) is -0.183. The Morgan fingerprint density at radius 2 is 1.53 bits per heavy atom. The summed E-state index contributed by atoms with van der Waals surface area (Å²) < 4.78 is 20.9. The topological polar surface area (TPSA) is 91.3 Å². The van der Waals surface area contributed by atoms with Crippen molar-refractivity contribution in [2.24, 2.45) is 0 Å². The van der Waals surface area contributed by atoms with Gasteiger partial charge in [-0.1, -0.05) is 24.3 Å². The second-order valence-electron chi connectivity index (χ2n) is 6.39. The molecule has 0 atom stereocenters. The maximum Gasteiger partial charge on any atom is 0.330 e. The third kappa shape index (κ3) is 6.93. The predicted molar refractivity (Wildman–Crippen MR) is 112 cm³/mol. The third-order valence-corrected chi connectivity index (χ3v) is 4.20. The predicted octanol–water partition coefficient (Wildman–Crippen LogP) is 2.96. The molecule has 2 aromatic carbocycles. The van der Waals surface area contributed by atoms with Gasteiger partial charge in [-0.2, -0.15) is 0 Å². The number of ether oxygens (including phenoxy) is 4. The Morgan fingerprint density at radius 1 is 0.967 bits per heavy atom. The Kier molecular flexibility index (Phi) is 8.90. The largest absolute Gasteiger partial charge is 0.493 e. The molecule has 0 aromatic heterocycles. The zero-order valence-electron chi connectivity index (χ0n) is 17.3. The molecule has 0 spiro atoms. The molecule has 30 heavy (non-hydrogen) atoms. The number of rotatable bonds is 10. The van der Waals surface area contributed by atoms with Crippen molar-refractivity contribution in [3.05, 3.63) is 59.2 Å². The molecule has 7 heteroatoms. The number of hydrogen-bond acceptors (Lipinski definition) is 7. The average molecular weight is 414 g/mol. The molecule has 0 saturated heterocycles. The van der Waals surface area contributed by atoms with E-state index in [1.54, 1.807) is 18.2 Å². The molecule has 0 fully saturated rings. The van der Waals surface area contributed by atoms with Gasteiger partial charge < -0.3 is 24.1 Å². The highest BCUT2D eigenvalue weighted by Gasteiger charge is 2.15. The summed E-state index contributed by atoms with van der Waals surface area (Å²) in [5, 5.41) is 8.93. The fourth-order valence-corrected chi connectivity index (χ4v) is 2.72. The Labute approximate surface area is 175 Å². The van der Waals surface area contributed by atoms with Gasteiger partial charge >= 0.3 is 11.9 Å². The molecule has 0 unspecified atom stereocenters. The standard InChI is InChI=1S/C23H26O7/c1-16(25)30-23-20(27-2)14-19(15-21(23)28-3)8-9-22(26)29-13-11-18-6-4-17(5-7-18)10-12-24/h4-9,14-15,24H,10-13H2,1-3H3/b9-8+. The van der Waals surface area contributed by atoms with E-state index in [0.717, 1.165) is 11.1 Å². The number of esters is 2. The molecule has 0 heterocycles. The lowest BCUT2D eigenvalue weighted by Gasteiger charge is -2.13. The molecule has 2 rings (SSSR count). The van der Waals surface area contributed by atoms with E-state index in [0.29, 0.717) is 29.9 Å². The van der Waals surface area contributed by atoms with E-state index in [2.05, 4.69) is 0 Å². The van der Waals surface area contributed by atoms with Crippen molar-refractivity contribution in [3.63, 3.8) is 0 Å². The molecule has 0 amide bonds. The number of aliphatic hydroxyl groups is 1. The highest BCUT2D eigenvalue weighted by molar-refractivity contribution is 5.87. The first-order chi connectivity index (χ1) is 14.5. The molecule has 160 valence electrons. The van der Waals surface area contributed by atoms with Crippen LogP contribution in [0.1, 0.15) is 23.6 Å². The lowest BCUT2D eigenvalue weighted by Crippen LogP contribution is -2.05. The van der Waals surface area contributed by atoms with Crippen LogP contribution in [0.2, 0.25) is 0 Å². The van der Waals surface area contributed by atoms with Crippen LogP contribution in [0, 0.1) is 0 Å². The maximum atomic E-state index is 12.0. The van der Waals surface area contributed by atoms with Crippen molar-refractivity contribution in [1.29, 1.82) is 0 Å². The summed E-state index contributed by atoms with van der Waals surface area (Å²) in [5.41, 5.74) is 2.73. The van der Waals surface area contributed by atoms with E-state index >= 15 is 0 Å². The minimum atomic E-state index is -0.499. The SMILES string of the molecule is COc1cc(/C=C/C(=O)OCCc2ccc(CCO)cc2)cc(OC)c1OC(C)=O. The molecule has 1 N–H and O–H groups in total. The van der Waals surface area contributed by atoms with E-state index in [4.69, 9.17) is 24.1 Å². The number of carbonyl (C=O) groups is 2. The highest BCUT2D eigenvalue weighted by atomic mass is 16.6. The Hall–Kier alpha value is -3.32. The van der Waals surface area contributed by atoms with Gasteiger partial charge in [-0.05, 0) is 41.3 Å². The first-order valence-electron chi connectivity index (χ1n) is 9.44. The Balaban J connectivity index is 1.95. The smallest absolute Gasteiger partial charge is 0.330 e. The number of benzene rings is 2. The summed E-state index contributed by atoms with van der Waals surface area (Å²) >= 11 is 0. The number of aliphatic hydroxyl groups excluding tert-OH is 1. The molecule has 7 nitrogen and oxygen atoms in total. The van der Waals surface area contributed by atoms with Crippen molar-refractivity contribution in [2.75, 3.05) is 27.4 Å². The van der Waals surface area contributed by atoms with E-state index in [-0.39, 0.29) is 19.0 Å². The van der Waals surface area contributed by atoms with Crippen LogP contribution >= 0.6 is 0 Å². The van der Waals surface area contributed by atoms with Gasteiger partial charge in [0.25, 0.3) is 0 Å². The van der Waals surface area contributed by atoms with Crippen LogP contribution in [0.15, 0.2) is 42.5 Å². The van der Waals surface area contributed by atoms with Crippen molar-refractivity contribution >= 4 is 18.0 Å². The summed E-state index contributed by atoms with van der Waals surface area (Å²) in [6.45, 7) is 1.65. The van der Waals surface area contributed by atoms with Gasteiger partial charge in [0.05, 0.1) is 20.8 Å². The molecule has 0 aliphatic rings. The first kappa shape index (κ1) is 23.0. The summed E-state index contributed by atoms with van der Waals surface area (Å²) in [6.07, 6.45) is 4.09. The average Bonchev–Trinajstić information content (AvgIpc) is 2.73. The molecular weight excluding hydrogens is 388 g/mol. The minimum absolute atomic E-state index is 0.119. The van der Waals surface area contributed by atoms with Crippen LogP contribution in [-0.2, 0) is 27.2 Å². The number of hydrogen-bond donors (Lipinski definition) is 1. The monoisotopic (exact) mass is 414 g/mol. The quantitative estimate of drug-likeness (QED) is 0.363. The zero-order valence-corrected chi connectivity index (χ0v) is 17.3. The summed E-state index contributed by atoms with van der Waals surface area (Å²) in [4.78, 5) is 23.3. The van der Waals surface area contributed by atoms with Crippen molar-refractivity contribution < 1.29 is 33.6 Å². The van der Waals surface area contributed by atoms with Crippen LogP contribution in [0.3, 0.4) is 0 Å². The fraction of sp³-hybridized carbons (Fsp3) is 0.304. The normalized spacial score (nSPS) is 10.7. The maximum absolute atomic E-state index is 12.0. The molecule has 0 bridgehead atoms. The van der Waals surface area contributed by atoms with E-state index in [9.17, 15) is 9.59 Å². The van der Waals surface area contributed by atoms with Crippen LogP contribution in [0.25, 0.3) is 6.08 Å². The molecule has 2 aromatic rings. The van der Waals surface area contributed by atoms with Gasteiger partial charge in [-0.15, -0.1) is 0 Å². The van der Waals surface area contributed by atoms with Gasteiger partial charge in [0.2, 0.25) is 5.75 Å². The molecule has 0 aliphatic carbocycles. The van der Waals surface area contributed by atoms with Crippen LogP contribution in [-0.4, -0.2) is 44.5 Å². The molecule has 0 radical (unpaired) electrons. The van der Waals surface area contributed by atoms with Crippen LogP contribution in [0.4, 0.5) is 0 Å². The van der Waals surface area contributed by atoms with Gasteiger partial charge in [0.15, 0.2) is 11.5 Å². The zero-order chi connectivity index (χ0) is 21.9. The Bertz CT molecular complexity index is 860. The number of methoxy groups -OCH3 is 2. The third-order valence-electron chi connectivity index (χ3n) is 4.20. The second-order valence-corrected chi connectivity index (χ2v) is 6.39. The molecular formula is C23H26O7. The van der Waals surface area contributed by atoms with Gasteiger partial charge in [-0.25, -0.2) is 4.79 Å². The highest BCUT2D eigenvalue weighted by Crippen LogP contribution is 2.39. The van der Waals surface area contributed by atoms with Gasteiger partial charge in [0, 0.05) is 26.0 Å². The second kappa shape index (κ2) is 11.6. The molecule has 0 aliphatic heterocycles. The fourth-order valence-electron chi connectivity index (χ4n) is 2.72. The van der Waals surface area contributed by atoms with Crippen molar-refractivity contribution in [1.82, 2.24) is 0 Å². The molecule has 0 saturated carbocycles. The van der Waals surface area contributed by atoms with Crippen LogP contribution in [0.5, 0.6) is 17.2 Å². The summed E-state index contributed by atoms with van der Waals surface area (Å²) in [7, 11) is 2.89. The van der Waals surface area contributed by atoms with E-state index < -0.39 is 11.9 Å². The van der Waals surface area contributed by atoms with Gasteiger partial charge in [0.1, 0.15) is 0 Å².